The minimum absolute atomic E-state index is 0.00865. The average Bonchev–Trinajstić information content (AvgIpc) is 2.62. The van der Waals surface area contributed by atoms with Gasteiger partial charge in [-0.3, -0.25) is 9.59 Å². The first-order chi connectivity index (χ1) is 10.8. The van der Waals surface area contributed by atoms with E-state index in [2.05, 4.69) is 5.32 Å². The monoisotopic (exact) mass is 307 g/mol. The molecule has 5 heteroatoms. The summed E-state index contributed by atoms with van der Waals surface area (Å²) in [4.78, 5) is 29.0. The van der Waals surface area contributed by atoms with E-state index in [1.807, 2.05) is 9.80 Å². The van der Waals surface area contributed by atoms with E-state index in [0.29, 0.717) is 32.1 Å². The van der Waals surface area contributed by atoms with Gasteiger partial charge >= 0.3 is 0 Å². The van der Waals surface area contributed by atoms with Crippen molar-refractivity contribution >= 4 is 11.8 Å². The molecule has 3 fully saturated rings. The van der Waals surface area contributed by atoms with E-state index in [1.165, 1.54) is 25.7 Å². The summed E-state index contributed by atoms with van der Waals surface area (Å²) in [5.41, 5.74) is 0. The number of hydrogen-bond donors (Lipinski definition) is 1. The summed E-state index contributed by atoms with van der Waals surface area (Å²) in [6.45, 7) is 3.79. The smallest absolute Gasteiger partial charge is 0.239 e. The molecule has 0 spiro atoms. The Hall–Kier alpha value is -1.10. The highest BCUT2D eigenvalue weighted by Gasteiger charge is 2.32. The maximum absolute atomic E-state index is 12.5. The molecule has 2 saturated heterocycles. The SMILES string of the molecule is O=C(C1CCCCC1)N1CCN(C(=O)C2CCCCN2)CC1. The van der Waals surface area contributed by atoms with Gasteiger partial charge in [-0.15, -0.1) is 0 Å². The Kier molecular flexibility index (Phi) is 5.34. The second kappa shape index (κ2) is 7.44. The van der Waals surface area contributed by atoms with Crippen molar-refractivity contribution in [1.29, 1.82) is 0 Å². The number of carbonyl (C=O) groups excluding carboxylic acids is 2. The van der Waals surface area contributed by atoms with Crippen LogP contribution in [-0.2, 0) is 9.59 Å². The summed E-state index contributed by atoms with van der Waals surface area (Å²) in [6, 6.07) is 0.00865. The molecule has 1 atom stereocenters. The number of nitrogens with one attached hydrogen (secondary N) is 1. The lowest BCUT2D eigenvalue weighted by Gasteiger charge is -2.39. The Morgan fingerprint density at radius 3 is 1.91 bits per heavy atom. The zero-order valence-electron chi connectivity index (χ0n) is 13.6. The topological polar surface area (TPSA) is 52.7 Å². The Morgan fingerprint density at radius 2 is 1.32 bits per heavy atom. The summed E-state index contributed by atoms with van der Waals surface area (Å²) < 4.78 is 0. The van der Waals surface area contributed by atoms with Crippen molar-refractivity contribution in [2.24, 2.45) is 5.92 Å². The molecular formula is C17H29N3O2. The van der Waals surface area contributed by atoms with Crippen molar-refractivity contribution in [3.8, 4) is 0 Å². The number of nitrogens with zero attached hydrogens (tertiary/aromatic N) is 2. The molecule has 0 radical (unpaired) electrons. The van der Waals surface area contributed by atoms with Crippen molar-refractivity contribution in [1.82, 2.24) is 15.1 Å². The van der Waals surface area contributed by atoms with Crippen LogP contribution in [-0.4, -0.2) is 60.4 Å². The number of piperazine rings is 1. The first-order valence-corrected chi connectivity index (χ1v) is 9.06. The largest absolute Gasteiger partial charge is 0.339 e. The van der Waals surface area contributed by atoms with Crippen LogP contribution in [0.3, 0.4) is 0 Å². The van der Waals surface area contributed by atoms with E-state index in [1.54, 1.807) is 0 Å². The fourth-order valence-corrected chi connectivity index (χ4v) is 4.04. The molecule has 0 aromatic carbocycles. The lowest BCUT2D eigenvalue weighted by molar-refractivity contribution is -0.144. The van der Waals surface area contributed by atoms with Crippen LogP contribution < -0.4 is 5.32 Å². The highest BCUT2D eigenvalue weighted by atomic mass is 16.2. The quantitative estimate of drug-likeness (QED) is 0.838. The molecule has 0 aromatic rings. The van der Waals surface area contributed by atoms with Crippen molar-refractivity contribution in [3.05, 3.63) is 0 Å². The molecule has 0 bridgehead atoms. The van der Waals surface area contributed by atoms with Crippen molar-refractivity contribution in [3.63, 3.8) is 0 Å². The van der Waals surface area contributed by atoms with Gasteiger partial charge in [0.05, 0.1) is 6.04 Å². The van der Waals surface area contributed by atoms with Gasteiger partial charge in [0.1, 0.15) is 0 Å². The maximum Gasteiger partial charge on any atom is 0.239 e. The summed E-state index contributed by atoms with van der Waals surface area (Å²) in [5.74, 6) is 0.822. The zero-order chi connectivity index (χ0) is 15.4. The highest BCUT2D eigenvalue weighted by Crippen LogP contribution is 2.26. The van der Waals surface area contributed by atoms with E-state index in [4.69, 9.17) is 0 Å². The molecule has 124 valence electrons. The number of rotatable bonds is 2. The van der Waals surface area contributed by atoms with Crippen LogP contribution in [0.5, 0.6) is 0 Å². The molecule has 2 aliphatic heterocycles. The predicted octanol–water partition coefficient (Wildman–Crippen LogP) is 1.38. The Labute approximate surface area is 133 Å². The summed E-state index contributed by atoms with van der Waals surface area (Å²) in [5, 5.41) is 3.33. The van der Waals surface area contributed by atoms with Gasteiger partial charge in [-0.05, 0) is 32.2 Å². The van der Waals surface area contributed by atoms with E-state index in [0.717, 1.165) is 32.2 Å². The van der Waals surface area contributed by atoms with Gasteiger partial charge in [0.25, 0.3) is 0 Å². The van der Waals surface area contributed by atoms with Gasteiger partial charge in [-0.2, -0.15) is 0 Å². The van der Waals surface area contributed by atoms with E-state index in [9.17, 15) is 9.59 Å². The van der Waals surface area contributed by atoms with Crippen LogP contribution in [0.25, 0.3) is 0 Å². The predicted molar refractivity (Wildman–Crippen MR) is 85.4 cm³/mol. The van der Waals surface area contributed by atoms with Crippen LogP contribution in [0.1, 0.15) is 51.4 Å². The van der Waals surface area contributed by atoms with Crippen LogP contribution in [0.4, 0.5) is 0 Å². The van der Waals surface area contributed by atoms with Gasteiger partial charge in [-0.1, -0.05) is 25.7 Å². The van der Waals surface area contributed by atoms with E-state index in [-0.39, 0.29) is 17.9 Å². The molecule has 5 nitrogen and oxygen atoms in total. The van der Waals surface area contributed by atoms with Crippen LogP contribution in [0, 0.1) is 5.92 Å². The second-order valence-electron chi connectivity index (χ2n) is 6.99. The minimum atomic E-state index is 0.00865. The average molecular weight is 307 g/mol. The third kappa shape index (κ3) is 3.62. The fourth-order valence-electron chi connectivity index (χ4n) is 4.04. The summed E-state index contributed by atoms with van der Waals surface area (Å²) in [7, 11) is 0. The third-order valence-electron chi connectivity index (χ3n) is 5.47. The van der Waals surface area contributed by atoms with Crippen molar-refractivity contribution in [2.45, 2.75) is 57.4 Å². The number of piperidine rings is 1. The van der Waals surface area contributed by atoms with Gasteiger partial charge in [0.2, 0.25) is 11.8 Å². The van der Waals surface area contributed by atoms with Crippen molar-refractivity contribution < 1.29 is 9.59 Å². The standard InChI is InChI=1S/C17H29N3O2/c21-16(14-6-2-1-3-7-14)19-10-12-20(13-11-19)17(22)15-8-4-5-9-18-15/h14-15,18H,1-13H2. The number of carbonyl (C=O) groups is 2. The van der Waals surface area contributed by atoms with Gasteiger partial charge in [-0.25, -0.2) is 0 Å². The third-order valence-corrected chi connectivity index (χ3v) is 5.47. The Bertz CT molecular complexity index is 355. The summed E-state index contributed by atoms with van der Waals surface area (Å²) >= 11 is 0. The second-order valence-corrected chi connectivity index (χ2v) is 6.99. The molecule has 2 amide bonds. The first-order valence-electron chi connectivity index (χ1n) is 9.06. The molecule has 0 aromatic heterocycles. The van der Waals surface area contributed by atoms with Crippen LogP contribution >= 0.6 is 0 Å². The maximum atomic E-state index is 12.5. The van der Waals surface area contributed by atoms with Gasteiger partial charge in [0.15, 0.2) is 0 Å². The molecule has 1 unspecified atom stereocenters. The molecule has 3 aliphatic rings. The molecule has 1 saturated carbocycles. The van der Waals surface area contributed by atoms with E-state index >= 15 is 0 Å². The molecule has 22 heavy (non-hydrogen) atoms. The van der Waals surface area contributed by atoms with Gasteiger partial charge in [0, 0.05) is 32.1 Å². The molecule has 1 N–H and O–H groups in total. The number of amides is 2. The lowest BCUT2D eigenvalue weighted by atomic mass is 9.88. The lowest BCUT2D eigenvalue weighted by Crippen LogP contribution is -2.56. The van der Waals surface area contributed by atoms with E-state index < -0.39 is 0 Å². The molecule has 3 rings (SSSR count). The highest BCUT2D eigenvalue weighted by molar-refractivity contribution is 5.83. The normalized spacial score (nSPS) is 27.7. The first kappa shape index (κ1) is 15.8. The van der Waals surface area contributed by atoms with Crippen molar-refractivity contribution in [2.75, 3.05) is 32.7 Å². The number of hydrogen-bond acceptors (Lipinski definition) is 3. The fraction of sp³-hybridized carbons (Fsp3) is 0.882. The Balaban J connectivity index is 1.47. The molecular weight excluding hydrogens is 278 g/mol. The van der Waals surface area contributed by atoms with Crippen LogP contribution in [0.2, 0.25) is 0 Å². The zero-order valence-corrected chi connectivity index (χ0v) is 13.6. The Morgan fingerprint density at radius 1 is 0.727 bits per heavy atom. The minimum Gasteiger partial charge on any atom is -0.339 e. The summed E-state index contributed by atoms with van der Waals surface area (Å²) in [6.07, 6.45) is 9.07. The molecule has 1 aliphatic carbocycles. The van der Waals surface area contributed by atoms with Gasteiger partial charge < -0.3 is 15.1 Å². The molecule has 2 heterocycles. The van der Waals surface area contributed by atoms with Crippen LogP contribution in [0.15, 0.2) is 0 Å².